The van der Waals surface area contributed by atoms with Gasteiger partial charge in [0, 0.05) is 29.3 Å². The van der Waals surface area contributed by atoms with Crippen molar-refractivity contribution in [1.29, 1.82) is 0 Å². The van der Waals surface area contributed by atoms with Gasteiger partial charge in [0.2, 0.25) is 0 Å². The summed E-state index contributed by atoms with van der Waals surface area (Å²) in [6.07, 6.45) is 5.73. The van der Waals surface area contributed by atoms with E-state index in [1.807, 2.05) is 41.9 Å². The minimum Gasteiger partial charge on any atom is -0.503 e. The zero-order valence-electron chi connectivity index (χ0n) is 19.2. The molecule has 2 N–H and O–H groups in total. The van der Waals surface area contributed by atoms with E-state index in [4.69, 9.17) is 5.10 Å². The first kappa shape index (κ1) is 22.9. The van der Waals surface area contributed by atoms with Gasteiger partial charge in [-0.2, -0.15) is 15.3 Å². The summed E-state index contributed by atoms with van der Waals surface area (Å²) in [5, 5.41) is 26.2. The molecular weight excluding hydrogens is 452 g/mol. The number of phenolic OH excluding ortho intramolecular Hbond substituents is 1. The summed E-state index contributed by atoms with van der Waals surface area (Å²) in [5.74, 6) is -3.66. The maximum Gasteiger partial charge on any atom is 0.251 e. The predicted octanol–water partition coefficient (Wildman–Crippen LogP) is 4.95. The normalized spacial score (nSPS) is 18.0. The second kappa shape index (κ2) is 9.40. The maximum absolute atomic E-state index is 13.5. The number of carbonyl (C=O) groups excluding carboxylic acids is 1. The third-order valence-corrected chi connectivity index (χ3v) is 6.64. The Kier molecular flexibility index (Phi) is 6.15. The average molecular weight is 478 g/mol. The van der Waals surface area contributed by atoms with Crippen LogP contribution in [0.1, 0.15) is 47.8 Å². The van der Waals surface area contributed by atoms with E-state index in [2.05, 4.69) is 21.7 Å². The Morgan fingerprint density at radius 3 is 2.49 bits per heavy atom. The van der Waals surface area contributed by atoms with Crippen molar-refractivity contribution in [2.24, 2.45) is 5.92 Å². The Morgan fingerprint density at radius 2 is 1.80 bits per heavy atom. The van der Waals surface area contributed by atoms with E-state index >= 15 is 0 Å². The fraction of sp³-hybridized carbons (Fsp3) is 0.308. The van der Waals surface area contributed by atoms with Gasteiger partial charge in [-0.1, -0.05) is 12.1 Å². The first-order chi connectivity index (χ1) is 16.9. The van der Waals surface area contributed by atoms with Crippen LogP contribution in [0.15, 0.2) is 48.7 Å². The van der Waals surface area contributed by atoms with Crippen LogP contribution in [0.4, 0.5) is 8.78 Å². The first-order valence-corrected chi connectivity index (χ1v) is 11.6. The summed E-state index contributed by atoms with van der Waals surface area (Å²) in [5.41, 5.74) is 3.42. The van der Waals surface area contributed by atoms with E-state index in [0.717, 1.165) is 65.7 Å². The predicted molar refractivity (Wildman–Crippen MR) is 127 cm³/mol. The van der Waals surface area contributed by atoms with Gasteiger partial charge >= 0.3 is 0 Å². The lowest BCUT2D eigenvalue weighted by Gasteiger charge is -2.28. The summed E-state index contributed by atoms with van der Waals surface area (Å²) in [7, 11) is 0. The van der Waals surface area contributed by atoms with Crippen molar-refractivity contribution >= 4 is 16.8 Å². The Bertz CT molecular complexity index is 1360. The third kappa shape index (κ3) is 4.84. The molecule has 7 nitrogen and oxygen atoms in total. The molecule has 180 valence electrons. The highest BCUT2D eigenvalue weighted by molar-refractivity contribution is 5.94. The van der Waals surface area contributed by atoms with E-state index in [1.165, 1.54) is 0 Å². The molecule has 0 spiro atoms. The molecule has 1 fully saturated rings. The number of aromatic nitrogens is 4. The lowest BCUT2D eigenvalue weighted by Crippen LogP contribution is -2.31. The number of benzene rings is 2. The highest BCUT2D eigenvalue weighted by Crippen LogP contribution is 2.33. The molecule has 2 aromatic heterocycles. The van der Waals surface area contributed by atoms with Crippen LogP contribution < -0.4 is 5.32 Å². The van der Waals surface area contributed by atoms with Gasteiger partial charge in [0.25, 0.3) is 5.91 Å². The molecule has 2 heterocycles. The lowest BCUT2D eigenvalue weighted by molar-refractivity contribution is 0.0940. The van der Waals surface area contributed by atoms with Gasteiger partial charge in [0.15, 0.2) is 17.4 Å². The van der Waals surface area contributed by atoms with E-state index in [9.17, 15) is 18.7 Å². The Labute approximate surface area is 200 Å². The van der Waals surface area contributed by atoms with Gasteiger partial charge in [-0.15, -0.1) is 0 Å². The van der Waals surface area contributed by atoms with Crippen molar-refractivity contribution in [2.45, 2.75) is 38.6 Å². The molecule has 0 bridgehead atoms. The SMILES string of the molecule is Cc1ccc(-c2ccc3cn([C@H]4CC[C@H](CNC(=O)c5cc(F)c(O)c(F)c5)CC4)nc3c2)nn1. The van der Waals surface area contributed by atoms with Gasteiger partial charge in [-0.25, -0.2) is 8.78 Å². The van der Waals surface area contributed by atoms with Gasteiger partial charge in [0.05, 0.1) is 22.9 Å². The number of amides is 1. The van der Waals surface area contributed by atoms with Crippen molar-refractivity contribution in [1.82, 2.24) is 25.3 Å². The molecule has 0 unspecified atom stereocenters. The molecule has 1 aliphatic rings. The zero-order chi connectivity index (χ0) is 24.5. The Balaban J connectivity index is 1.19. The number of nitrogens with zero attached hydrogens (tertiary/aromatic N) is 4. The lowest BCUT2D eigenvalue weighted by atomic mass is 9.86. The van der Waals surface area contributed by atoms with Crippen LogP contribution in [-0.2, 0) is 0 Å². The van der Waals surface area contributed by atoms with Gasteiger partial charge in [-0.05, 0) is 68.9 Å². The van der Waals surface area contributed by atoms with Crippen LogP contribution in [0.3, 0.4) is 0 Å². The number of nitrogens with one attached hydrogen (secondary N) is 1. The summed E-state index contributed by atoms with van der Waals surface area (Å²) in [6, 6.07) is 11.9. The Hall–Kier alpha value is -3.88. The molecule has 1 saturated carbocycles. The second-order valence-electron chi connectivity index (χ2n) is 9.12. The van der Waals surface area contributed by atoms with E-state index in [0.29, 0.717) is 6.54 Å². The fourth-order valence-corrected chi connectivity index (χ4v) is 4.58. The number of hydrogen-bond acceptors (Lipinski definition) is 5. The molecule has 9 heteroatoms. The topological polar surface area (TPSA) is 92.9 Å². The molecule has 4 aromatic rings. The van der Waals surface area contributed by atoms with Gasteiger partial charge < -0.3 is 10.4 Å². The number of fused-ring (bicyclic) bond motifs is 1. The zero-order valence-corrected chi connectivity index (χ0v) is 19.2. The molecule has 1 aliphatic carbocycles. The molecule has 35 heavy (non-hydrogen) atoms. The third-order valence-electron chi connectivity index (χ3n) is 6.64. The number of aromatic hydroxyl groups is 1. The molecule has 5 rings (SSSR count). The maximum atomic E-state index is 13.5. The van der Waals surface area contributed by atoms with Crippen LogP contribution >= 0.6 is 0 Å². The van der Waals surface area contributed by atoms with E-state index in [1.54, 1.807) is 0 Å². The number of halogens is 2. The van der Waals surface area contributed by atoms with Gasteiger partial charge in [-0.3, -0.25) is 9.48 Å². The van der Waals surface area contributed by atoms with Crippen molar-refractivity contribution < 1.29 is 18.7 Å². The van der Waals surface area contributed by atoms with E-state index < -0.39 is 23.3 Å². The molecule has 0 radical (unpaired) electrons. The van der Waals surface area contributed by atoms with Crippen LogP contribution in [0.25, 0.3) is 22.2 Å². The summed E-state index contributed by atoms with van der Waals surface area (Å²) < 4.78 is 29.1. The minimum atomic E-state index is -1.15. The summed E-state index contributed by atoms with van der Waals surface area (Å²) in [4.78, 5) is 12.3. The average Bonchev–Trinajstić information content (AvgIpc) is 3.30. The van der Waals surface area contributed by atoms with E-state index in [-0.39, 0.29) is 17.5 Å². The first-order valence-electron chi connectivity index (χ1n) is 11.6. The van der Waals surface area contributed by atoms with Crippen LogP contribution in [0, 0.1) is 24.5 Å². The summed E-state index contributed by atoms with van der Waals surface area (Å²) >= 11 is 0. The highest BCUT2D eigenvalue weighted by atomic mass is 19.1. The number of hydrogen-bond donors (Lipinski definition) is 2. The van der Waals surface area contributed by atoms with Crippen molar-refractivity contribution in [3.63, 3.8) is 0 Å². The minimum absolute atomic E-state index is 0.147. The highest BCUT2D eigenvalue weighted by Gasteiger charge is 2.24. The number of carbonyl (C=O) groups is 1. The summed E-state index contributed by atoms with van der Waals surface area (Å²) in [6.45, 7) is 2.33. The molecule has 2 aromatic carbocycles. The van der Waals surface area contributed by atoms with Gasteiger partial charge in [0.1, 0.15) is 0 Å². The van der Waals surface area contributed by atoms with Crippen molar-refractivity contribution in [3.8, 4) is 17.0 Å². The second-order valence-corrected chi connectivity index (χ2v) is 9.12. The molecule has 0 aliphatic heterocycles. The van der Waals surface area contributed by atoms with Crippen LogP contribution in [0.2, 0.25) is 0 Å². The number of aryl methyl sites for hydroxylation is 1. The van der Waals surface area contributed by atoms with Crippen molar-refractivity contribution in [3.05, 3.63) is 71.6 Å². The fourth-order valence-electron chi connectivity index (χ4n) is 4.58. The quantitative estimate of drug-likeness (QED) is 0.424. The molecular formula is C26H25F2N5O2. The monoisotopic (exact) mass is 477 g/mol. The smallest absolute Gasteiger partial charge is 0.251 e. The van der Waals surface area contributed by atoms with Crippen molar-refractivity contribution in [2.75, 3.05) is 6.54 Å². The standard InChI is InChI=1S/C26H25F2N5O2/c1-15-2-9-23(31-30-15)17-5-6-18-14-33(32-24(18)12-17)20-7-3-16(4-8-20)13-29-26(35)19-10-21(27)25(34)22(28)11-19/h2,5-6,9-12,14,16,20,34H,3-4,7-8,13H2,1H3,(H,29,35)/t16-,20-. The molecule has 0 atom stereocenters. The number of rotatable bonds is 5. The Morgan fingerprint density at radius 1 is 1.06 bits per heavy atom. The van der Waals surface area contributed by atoms with Crippen LogP contribution in [0.5, 0.6) is 5.75 Å². The van der Waals surface area contributed by atoms with Crippen LogP contribution in [-0.4, -0.2) is 37.5 Å². The number of phenols is 1. The molecule has 1 amide bonds. The molecule has 0 saturated heterocycles. The largest absolute Gasteiger partial charge is 0.503 e.